The van der Waals surface area contributed by atoms with Crippen LogP contribution in [0.1, 0.15) is 20.8 Å². The first-order chi connectivity index (χ1) is 8.79. The molecule has 0 aromatic heterocycles. The van der Waals surface area contributed by atoms with Gasteiger partial charge < -0.3 is 15.8 Å². The van der Waals surface area contributed by atoms with Crippen molar-refractivity contribution in [2.24, 2.45) is 11.7 Å². The minimum atomic E-state index is -0.739. The second kappa shape index (κ2) is 8.92. The summed E-state index contributed by atoms with van der Waals surface area (Å²) >= 11 is 1.23. The molecule has 0 rings (SSSR count). The number of thioether (sulfide) groups is 1. The minimum absolute atomic E-state index is 0.0452. The van der Waals surface area contributed by atoms with Crippen LogP contribution in [0.5, 0.6) is 0 Å². The first-order valence-corrected chi connectivity index (χ1v) is 7.16. The Morgan fingerprint density at radius 2 is 1.89 bits per heavy atom. The maximum absolute atomic E-state index is 11.6. The molecule has 3 N–H and O–H groups in total. The highest BCUT2D eigenvalue weighted by Crippen LogP contribution is 2.06. The number of hydrogen-bond acceptors (Lipinski definition) is 6. The summed E-state index contributed by atoms with van der Waals surface area (Å²) in [7, 11) is 1.26. The molecule has 7 heteroatoms. The average Bonchev–Trinajstić information content (AvgIpc) is 2.33. The number of esters is 1. The van der Waals surface area contributed by atoms with Gasteiger partial charge in [0.15, 0.2) is 5.78 Å². The third kappa shape index (κ3) is 7.17. The van der Waals surface area contributed by atoms with Crippen LogP contribution in [0.4, 0.5) is 0 Å². The first-order valence-electron chi connectivity index (χ1n) is 6.00. The molecule has 0 aliphatic carbocycles. The Balaban J connectivity index is 4.05. The van der Waals surface area contributed by atoms with Crippen LogP contribution in [0.3, 0.4) is 0 Å². The standard InChI is InChI=1S/C12H22N2O4S/c1-7(2)11(8(3)15)14-10(16)6-19-5-9(13)12(17)18-4/h7,9,11H,5-6,13H2,1-4H3,(H,14,16). The van der Waals surface area contributed by atoms with E-state index < -0.39 is 18.1 Å². The lowest BCUT2D eigenvalue weighted by atomic mass is 10.0. The van der Waals surface area contributed by atoms with E-state index >= 15 is 0 Å². The van der Waals surface area contributed by atoms with Gasteiger partial charge >= 0.3 is 5.97 Å². The van der Waals surface area contributed by atoms with E-state index in [0.29, 0.717) is 5.75 Å². The normalized spacial score (nSPS) is 13.8. The van der Waals surface area contributed by atoms with E-state index in [2.05, 4.69) is 10.1 Å². The maximum atomic E-state index is 11.6. The number of carbonyl (C=O) groups excluding carboxylic acids is 3. The molecule has 0 fully saturated rings. The number of methoxy groups -OCH3 is 1. The summed E-state index contributed by atoms with van der Waals surface area (Å²) in [5.41, 5.74) is 5.53. The average molecular weight is 290 g/mol. The Morgan fingerprint density at radius 1 is 1.32 bits per heavy atom. The van der Waals surface area contributed by atoms with Gasteiger partial charge in [-0.3, -0.25) is 14.4 Å². The van der Waals surface area contributed by atoms with E-state index in [1.807, 2.05) is 13.8 Å². The Morgan fingerprint density at radius 3 is 2.32 bits per heavy atom. The molecular formula is C12H22N2O4S. The van der Waals surface area contributed by atoms with Crippen molar-refractivity contribution >= 4 is 29.4 Å². The molecule has 19 heavy (non-hydrogen) atoms. The van der Waals surface area contributed by atoms with Gasteiger partial charge in [-0.05, 0) is 12.8 Å². The third-order valence-electron chi connectivity index (χ3n) is 2.46. The van der Waals surface area contributed by atoms with E-state index in [0.717, 1.165) is 0 Å². The molecule has 0 aromatic carbocycles. The van der Waals surface area contributed by atoms with E-state index in [-0.39, 0.29) is 23.4 Å². The molecule has 110 valence electrons. The molecule has 2 unspecified atom stereocenters. The summed E-state index contributed by atoms with van der Waals surface area (Å²) < 4.78 is 4.47. The van der Waals surface area contributed by atoms with Crippen LogP contribution >= 0.6 is 11.8 Å². The summed E-state index contributed by atoms with van der Waals surface area (Å²) in [6.45, 7) is 5.19. The van der Waals surface area contributed by atoms with Crippen LogP contribution in [0.25, 0.3) is 0 Å². The smallest absolute Gasteiger partial charge is 0.323 e. The molecule has 0 heterocycles. The molecule has 0 bridgehead atoms. The number of carbonyl (C=O) groups is 3. The van der Waals surface area contributed by atoms with Gasteiger partial charge in [-0.1, -0.05) is 13.8 Å². The van der Waals surface area contributed by atoms with E-state index in [4.69, 9.17) is 5.73 Å². The van der Waals surface area contributed by atoms with E-state index in [9.17, 15) is 14.4 Å². The van der Waals surface area contributed by atoms with Gasteiger partial charge in [0.25, 0.3) is 0 Å². The van der Waals surface area contributed by atoms with Gasteiger partial charge in [-0.15, -0.1) is 11.8 Å². The SMILES string of the molecule is COC(=O)C(N)CSCC(=O)NC(C(C)=O)C(C)C. The monoisotopic (exact) mass is 290 g/mol. The van der Waals surface area contributed by atoms with Gasteiger partial charge in [-0.2, -0.15) is 0 Å². The predicted molar refractivity (Wildman–Crippen MR) is 74.8 cm³/mol. The zero-order valence-electron chi connectivity index (χ0n) is 11.8. The molecule has 0 saturated carbocycles. The first kappa shape index (κ1) is 17.9. The Hall–Kier alpha value is -1.08. The number of hydrogen-bond donors (Lipinski definition) is 2. The highest BCUT2D eigenvalue weighted by Gasteiger charge is 2.21. The number of nitrogens with one attached hydrogen (secondary N) is 1. The van der Waals surface area contributed by atoms with Crippen LogP contribution in [-0.4, -0.2) is 48.4 Å². The lowest BCUT2D eigenvalue weighted by Crippen LogP contribution is -2.44. The zero-order chi connectivity index (χ0) is 15.0. The summed E-state index contributed by atoms with van der Waals surface area (Å²) in [6, 6.07) is -1.21. The molecule has 2 atom stereocenters. The molecule has 0 spiro atoms. The fourth-order valence-corrected chi connectivity index (χ4v) is 2.23. The van der Waals surface area contributed by atoms with Crippen LogP contribution < -0.4 is 11.1 Å². The molecule has 0 aromatic rings. The fourth-order valence-electron chi connectivity index (χ4n) is 1.45. The second-order valence-corrected chi connectivity index (χ2v) is 5.57. The summed E-state index contributed by atoms with van der Waals surface area (Å²) in [5.74, 6) is -0.315. The van der Waals surface area contributed by atoms with Crippen molar-refractivity contribution in [3.05, 3.63) is 0 Å². The van der Waals surface area contributed by atoms with Crippen molar-refractivity contribution in [2.45, 2.75) is 32.9 Å². The van der Waals surface area contributed by atoms with E-state index in [1.165, 1.54) is 25.8 Å². The fraction of sp³-hybridized carbons (Fsp3) is 0.750. The largest absolute Gasteiger partial charge is 0.468 e. The van der Waals surface area contributed by atoms with Crippen molar-refractivity contribution < 1.29 is 19.1 Å². The topological polar surface area (TPSA) is 98.5 Å². The number of nitrogens with two attached hydrogens (primary N) is 1. The summed E-state index contributed by atoms with van der Waals surface area (Å²) in [6.07, 6.45) is 0. The lowest BCUT2D eigenvalue weighted by molar-refractivity contribution is -0.141. The third-order valence-corrected chi connectivity index (χ3v) is 3.52. The summed E-state index contributed by atoms with van der Waals surface area (Å²) in [5, 5.41) is 2.67. The molecule has 6 nitrogen and oxygen atoms in total. The number of ketones is 1. The van der Waals surface area contributed by atoms with Crippen molar-refractivity contribution in [1.82, 2.24) is 5.32 Å². The van der Waals surface area contributed by atoms with Crippen molar-refractivity contribution in [3.63, 3.8) is 0 Å². The number of Topliss-reactive ketones (excluding diaryl/α,β-unsaturated/α-hetero) is 1. The van der Waals surface area contributed by atoms with Gasteiger partial charge in [0, 0.05) is 5.75 Å². The summed E-state index contributed by atoms with van der Waals surface area (Å²) in [4.78, 5) is 34.0. The number of ether oxygens (including phenoxy) is 1. The molecule has 0 aliphatic rings. The highest BCUT2D eigenvalue weighted by atomic mass is 32.2. The van der Waals surface area contributed by atoms with Gasteiger partial charge in [0.2, 0.25) is 5.91 Å². The molecule has 0 radical (unpaired) electrons. The Kier molecular flexibility index (Phi) is 8.42. The minimum Gasteiger partial charge on any atom is -0.468 e. The van der Waals surface area contributed by atoms with Gasteiger partial charge in [0.1, 0.15) is 6.04 Å². The molecule has 0 saturated heterocycles. The Bertz CT molecular complexity index is 334. The number of amides is 1. The van der Waals surface area contributed by atoms with Gasteiger partial charge in [-0.25, -0.2) is 0 Å². The van der Waals surface area contributed by atoms with Crippen LogP contribution in [-0.2, 0) is 19.1 Å². The Labute approximate surface area is 117 Å². The van der Waals surface area contributed by atoms with E-state index in [1.54, 1.807) is 0 Å². The molecular weight excluding hydrogens is 268 g/mol. The number of rotatable bonds is 8. The van der Waals surface area contributed by atoms with Crippen LogP contribution in [0.2, 0.25) is 0 Å². The van der Waals surface area contributed by atoms with Crippen LogP contribution in [0, 0.1) is 5.92 Å². The van der Waals surface area contributed by atoms with Crippen molar-refractivity contribution in [1.29, 1.82) is 0 Å². The van der Waals surface area contributed by atoms with Crippen molar-refractivity contribution in [3.8, 4) is 0 Å². The van der Waals surface area contributed by atoms with Crippen molar-refractivity contribution in [2.75, 3.05) is 18.6 Å². The van der Waals surface area contributed by atoms with Gasteiger partial charge in [0.05, 0.1) is 18.9 Å². The quantitative estimate of drug-likeness (QED) is 0.608. The lowest BCUT2D eigenvalue weighted by Gasteiger charge is -2.19. The molecule has 1 amide bonds. The highest BCUT2D eigenvalue weighted by molar-refractivity contribution is 8.00. The molecule has 0 aliphatic heterocycles. The van der Waals surface area contributed by atoms with Crippen LogP contribution in [0.15, 0.2) is 0 Å². The predicted octanol–water partition coefficient (Wildman–Crippen LogP) is -0.0503. The zero-order valence-corrected chi connectivity index (χ0v) is 12.6. The second-order valence-electron chi connectivity index (χ2n) is 4.54. The maximum Gasteiger partial charge on any atom is 0.323 e.